The molecule has 1 saturated heterocycles. The molecule has 12 heteroatoms. The van der Waals surface area contributed by atoms with Crippen LogP contribution in [0.1, 0.15) is 12.1 Å². The number of anilines is 1. The molecule has 1 fully saturated rings. The van der Waals surface area contributed by atoms with Crippen molar-refractivity contribution in [2.24, 2.45) is 0 Å². The van der Waals surface area contributed by atoms with Crippen LogP contribution in [0, 0.1) is 11.3 Å². The predicted molar refractivity (Wildman–Crippen MR) is 88.4 cm³/mol. The van der Waals surface area contributed by atoms with Crippen LogP contribution in [0.3, 0.4) is 0 Å². The lowest BCUT2D eigenvalue weighted by atomic mass is 9.96. The molecule has 0 unspecified atom stereocenters. The number of ether oxygens (including phenoxy) is 3. The van der Waals surface area contributed by atoms with Crippen LogP contribution < -0.4 is 5.73 Å². The molecule has 2 aromatic heterocycles. The molecule has 0 bridgehead atoms. The Morgan fingerprint density at radius 2 is 2.29 bits per heavy atom. The van der Waals surface area contributed by atoms with Crippen molar-refractivity contribution in [1.82, 2.24) is 14.6 Å². The van der Waals surface area contributed by atoms with Gasteiger partial charge < -0.3 is 25.1 Å². The Kier molecular flexibility index (Phi) is 5.57. The van der Waals surface area contributed by atoms with Gasteiger partial charge in [0.05, 0.1) is 11.8 Å². The molecule has 0 spiro atoms. The zero-order valence-electron chi connectivity index (χ0n) is 14.5. The molecule has 1 aliphatic heterocycles. The first kappa shape index (κ1) is 19.7. The molecule has 0 radical (unpaired) electrons. The number of alkyl halides is 2. The second kappa shape index (κ2) is 7.91. The number of aliphatic hydroxyl groups excluding tert-OH is 1. The number of carbonyl (C=O) groups excluding carboxylic acids is 1. The number of hydrogen-bond acceptors (Lipinski definition) is 9. The average Bonchev–Trinajstić information content (AvgIpc) is 3.27. The van der Waals surface area contributed by atoms with Gasteiger partial charge >= 0.3 is 6.16 Å². The van der Waals surface area contributed by atoms with Crippen molar-refractivity contribution in [1.29, 1.82) is 5.26 Å². The summed E-state index contributed by atoms with van der Waals surface area (Å²) < 4.78 is 41.0. The fraction of sp³-hybridized carbons (Fsp3) is 0.500. The van der Waals surface area contributed by atoms with Crippen molar-refractivity contribution in [2.45, 2.75) is 30.3 Å². The fourth-order valence-corrected chi connectivity index (χ4v) is 2.93. The highest BCUT2D eigenvalue weighted by molar-refractivity contribution is 5.66. The Morgan fingerprint density at radius 3 is 2.96 bits per heavy atom. The van der Waals surface area contributed by atoms with E-state index in [-0.39, 0.29) is 12.2 Å². The van der Waals surface area contributed by atoms with Crippen LogP contribution >= 0.6 is 0 Å². The molecule has 2 aromatic rings. The first-order chi connectivity index (χ1) is 13.4. The van der Waals surface area contributed by atoms with Crippen LogP contribution in [-0.2, 0) is 19.8 Å². The third-order valence-corrected chi connectivity index (χ3v) is 4.33. The summed E-state index contributed by atoms with van der Waals surface area (Å²) in [5, 5.41) is 24.0. The smallest absolute Gasteiger partial charge is 0.431 e. The van der Waals surface area contributed by atoms with Gasteiger partial charge in [0.25, 0.3) is 0 Å². The van der Waals surface area contributed by atoms with Gasteiger partial charge in [-0.15, -0.1) is 0 Å². The number of aliphatic hydroxyl groups is 1. The number of nitrogens with zero attached hydrogens (tertiary/aromatic N) is 4. The monoisotopic (exact) mass is 397 g/mol. The number of nitrogen functional groups attached to an aromatic ring is 1. The van der Waals surface area contributed by atoms with Gasteiger partial charge in [-0.25, -0.2) is 23.1 Å². The average molecular weight is 397 g/mol. The Balaban J connectivity index is 1.74. The quantitative estimate of drug-likeness (QED) is 0.671. The number of rotatable bonds is 6. The molecule has 0 amide bonds. The molecule has 3 heterocycles. The minimum Gasteiger partial charge on any atom is -0.431 e. The Labute approximate surface area is 157 Å². The first-order valence-corrected chi connectivity index (χ1v) is 8.25. The van der Waals surface area contributed by atoms with Crippen molar-refractivity contribution >= 4 is 17.5 Å². The Bertz CT molecular complexity index is 899. The highest BCUT2D eigenvalue weighted by Crippen LogP contribution is 2.40. The van der Waals surface area contributed by atoms with Crippen LogP contribution in [0.4, 0.5) is 19.4 Å². The van der Waals surface area contributed by atoms with E-state index in [4.69, 9.17) is 15.2 Å². The van der Waals surface area contributed by atoms with Crippen LogP contribution in [0.2, 0.25) is 0 Å². The highest BCUT2D eigenvalue weighted by Gasteiger charge is 2.50. The van der Waals surface area contributed by atoms with Crippen molar-refractivity contribution in [3.63, 3.8) is 0 Å². The topological polar surface area (TPSA) is 145 Å². The maximum Gasteiger partial charge on any atom is 0.508 e. The summed E-state index contributed by atoms with van der Waals surface area (Å²) in [4.78, 5) is 15.4. The molecule has 3 rings (SSSR count). The number of hydrogen-bond donors (Lipinski definition) is 2. The van der Waals surface area contributed by atoms with E-state index in [9.17, 15) is 23.9 Å². The number of fused-ring (bicyclic) bond motifs is 1. The summed E-state index contributed by atoms with van der Waals surface area (Å²) in [6.07, 6.45) is -4.00. The summed E-state index contributed by atoms with van der Waals surface area (Å²) in [6.45, 7) is -2.87. The largest absolute Gasteiger partial charge is 0.508 e. The van der Waals surface area contributed by atoms with Crippen LogP contribution in [-0.4, -0.2) is 64.1 Å². The normalized spacial score (nSPS) is 24.4. The van der Waals surface area contributed by atoms with Gasteiger partial charge in [0.15, 0.2) is 17.5 Å². The maximum absolute atomic E-state index is 12.4. The fourth-order valence-electron chi connectivity index (χ4n) is 2.93. The molecule has 0 aliphatic carbocycles. The molecule has 10 nitrogen and oxygen atoms in total. The lowest BCUT2D eigenvalue weighted by Gasteiger charge is -2.21. The van der Waals surface area contributed by atoms with Crippen LogP contribution in [0.15, 0.2) is 18.5 Å². The van der Waals surface area contributed by atoms with E-state index in [1.54, 1.807) is 12.1 Å². The summed E-state index contributed by atoms with van der Waals surface area (Å²) in [5.74, 6) is 0.200. The molecule has 1 aliphatic rings. The third-order valence-electron chi connectivity index (χ3n) is 4.33. The summed E-state index contributed by atoms with van der Waals surface area (Å²) in [6, 6.07) is 5.19. The number of nitrogens with two attached hydrogens (primary N) is 1. The van der Waals surface area contributed by atoms with Gasteiger partial charge in [-0.2, -0.15) is 10.4 Å². The van der Waals surface area contributed by atoms with E-state index >= 15 is 0 Å². The lowest BCUT2D eigenvalue weighted by molar-refractivity contribution is -0.0698. The van der Waals surface area contributed by atoms with Crippen LogP contribution in [0.25, 0.3) is 5.52 Å². The number of carbonyl (C=O) groups is 1. The maximum atomic E-state index is 12.4. The molecule has 0 saturated carbocycles. The first-order valence-electron chi connectivity index (χ1n) is 8.25. The van der Waals surface area contributed by atoms with Gasteiger partial charge in [-0.1, -0.05) is 0 Å². The lowest BCUT2D eigenvalue weighted by Crippen LogP contribution is -2.31. The zero-order valence-corrected chi connectivity index (χ0v) is 14.5. The standard InChI is InChI=1S/C16H17F2N5O5/c17-4-9(5-18)27-15(25)26-6-12-11(24)3-16(7-19,28-12)13-2-1-10-14(20)21-8-22-23(10)13/h1-2,8-9,11-12,24H,3-6H2,(H2,20,21,22)/t11-,12+,16-/m0/s1. The molecule has 0 aromatic carbocycles. The van der Waals surface area contributed by atoms with Crippen molar-refractivity contribution in [2.75, 3.05) is 25.7 Å². The molecule has 3 N–H and O–H groups in total. The predicted octanol–water partition coefficient (Wildman–Crippen LogP) is 0.641. The summed E-state index contributed by atoms with van der Waals surface area (Å²) in [7, 11) is 0. The van der Waals surface area contributed by atoms with Gasteiger partial charge in [-0.3, -0.25) is 0 Å². The van der Waals surface area contributed by atoms with E-state index in [0.717, 1.165) is 0 Å². The number of aromatic nitrogens is 3. The number of nitriles is 1. The van der Waals surface area contributed by atoms with Crippen molar-refractivity contribution < 1.29 is 32.9 Å². The Morgan fingerprint density at radius 1 is 1.54 bits per heavy atom. The second-order valence-electron chi connectivity index (χ2n) is 6.14. The molecule has 28 heavy (non-hydrogen) atoms. The highest BCUT2D eigenvalue weighted by atomic mass is 19.1. The van der Waals surface area contributed by atoms with Gasteiger partial charge in [0.1, 0.15) is 44.0 Å². The zero-order chi connectivity index (χ0) is 20.3. The number of halogens is 2. The summed E-state index contributed by atoms with van der Waals surface area (Å²) in [5.41, 5.74) is 4.98. The van der Waals surface area contributed by atoms with E-state index in [1.165, 1.54) is 10.8 Å². The minimum absolute atomic E-state index is 0.125. The van der Waals surface area contributed by atoms with Gasteiger partial charge in [0.2, 0.25) is 0 Å². The van der Waals surface area contributed by atoms with Gasteiger partial charge in [-0.05, 0) is 12.1 Å². The summed E-state index contributed by atoms with van der Waals surface area (Å²) >= 11 is 0. The molecule has 3 atom stereocenters. The van der Waals surface area contributed by atoms with E-state index in [2.05, 4.69) is 14.8 Å². The van der Waals surface area contributed by atoms with E-state index in [0.29, 0.717) is 11.2 Å². The minimum atomic E-state index is -1.58. The van der Waals surface area contributed by atoms with Crippen molar-refractivity contribution in [3.05, 3.63) is 24.2 Å². The molecule has 150 valence electrons. The second-order valence-corrected chi connectivity index (χ2v) is 6.14. The molecular formula is C16H17F2N5O5. The van der Waals surface area contributed by atoms with Crippen LogP contribution in [0.5, 0.6) is 0 Å². The Hall–Kier alpha value is -3.04. The third kappa shape index (κ3) is 3.54. The van der Waals surface area contributed by atoms with E-state index in [1.807, 2.05) is 6.07 Å². The van der Waals surface area contributed by atoms with E-state index < -0.39 is 50.0 Å². The molecular weight excluding hydrogens is 380 g/mol. The SMILES string of the molecule is N#C[C@]1(c2ccc3c(N)ncnn23)C[C@H](O)[C@@H](COC(=O)OC(CF)CF)O1. The van der Waals surface area contributed by atoms with Crippen molar-refractivity contribution in [3.8, 4) is 6.07 Å². The van der Waals surface area contributed by atoms with Gasteiger partial charge in [0, 0.05) is 6.42 Å².